The van der Waals surface area contributed by atoms with Gasteiger partial charge in [0.2, 0.25) is 0 Å². The standard InChI is InChI=1S/C5H9O2.HI.Zn/c1-4(2)5(6)7-3;;/h4H,1H2,2-3H3;1H;. The molecule has 0 aromatic carbocycles. The molecule has 0 saturated heterocycles. The normalized spacial score (nSPS) is 11.6. The minimum Gasteiger partial charge on any atom is -0.107 e. The van der Waals surface area contributed by atoms with Gasteiger partial charge >= 0.3 is 58.8 Å². The van der Waals surface area contributed by atoms with Gasteiger partial charge in [-0.25, -0.2) is 0 Å². The molecule has 0 radical (unpaired) electrons. The van der Waals surface area contributed by atoms with Crippen LogP contribution in [-0.4, -0.2) is 13.1 Å². The molecule has 1 unspecified atom stereocenters. The maximum absolute atomic E-state index is 10.5. The van der Waals surface area contributed by atoms with Crippen LogP contribution in [0.4, 0.5) is 0 Å². The van der Waals surface area contributed by atoms with Crippen molar-refractivity contribution >= 4 is 29.9 Å². The molecule has 0 aliphatic rings. The number of methoxy groups -OCH3 is 1. The Morgan fingerprint density at radius 3 is 2.33 bits per heavy atom. The first-order valence-electron chi connectivity index (χ1n) is 2.59. The molecule has 0 aliphatic carbocycles. The first-order chi connectivity index (χ1) is 3.72. The van der Waals surface area contributed by atoms with Gasteiger partial charge in [0, 0.05) is 0 Å². The maximum atomic E-state index is 10.5. The Balaban J connectivity index is 0. The Morgan fingerprint density at radius 2 is 2.22 bits per heavy atom. The van der Waals surface area contributed by atoms with Crippen molar-refractivity contribution < 1.29 is 27.8 Å². The molecular formula is C5H10IO2Zn. The summed E-state index contributed by atoms with van der Waals surface area (Å²) < 4.78 is 4.48. The third-order valence-electron chi connectivity index (χ3n) is 1.04. The largest absolute Gasteiger partial charge is 0.107 e. The van der Waals surface area contributed by atoms with Crippen LogP contribution in [0.15, 0.2) is 0 Å². The van der Waals surface area contributed by atoms with Crippen LogP contribution in [0.3, 0.4) is 0 Å². The first kappa shape index (κ1) is 12.5. The van der Waals surface area contributed by atoms with Crippen LogP contribution in [0.25, 0.3) is 0 Å². The van der Waals surface area contributed by atoms with Gasteiger partial charge in [0.15, 0.2) is 0 Å². The quantitative estimate of drug-likeness (QED) is 0.437. The first-order valence-corrected chi connectivity index (χ1v) is 4.69. The van der Waals surface area contributed by atoms with Crippen molar-refractivity contribution in [1.82, 2.24) is 0 Å². The molecule has 2 nitrogen and oxygen atoms in total. The molecule has 0 fully saturated rings. The zero-order valence-electron chi connectivity index (χ0n) is 5.72. The fourth-order valence-electron chi connectivity index (χ4n) is 0.319. The van der Waals surface area contributed by atoms with Gasteiger partial charge in [-0.2, -0.15) is 0 Å². The zero-order chi connectivity index (χ0) is 6.57. The molecule has 0 rings (SSSR count). The van der Waals surface area contributed by atoms with Gasteiger partial charge in [-0.3, -0.25) is 0 Å². The second kappa shape index (κ2) is 6.94. The van der Waals surface area contributed by atoms with Crippen LogP contribution in [0, 0.1) is 5.92 Å². The van der Waals surface area contributed by atoms with E-state index >= 15 is 0 Å². The fraction of sp³-hybridized carbons (Fsp3) is 0.800. The minimum atomic E-state index is -0.0868. The van der Waals surface area contributed by atoms with Gasteiger partial charge in [0.1, 0.15) is 0 Å². The SMILES string of the molecule is COC(=O)C(C)[CH2][Zn].I. The molecule has 4 heteroatoms. The zero-order valence-corrected chi connectivity index (χ0v) is 11.0. The summed E-state index contributed by atoms with van der Waals surface area (Å²) in [6.07, 6.45) is 0. The Morgan fingerprint density at radius 1 is 1.78 bits per heavy atom. The number of esters is 1. The fourth-order valence-corrected chi connectivity index (χ4v) is 0.814. The van der Waals surface area contributed by atoms with Crippen molar-refractivity contribution in [3.05, 3.63) is 0 Å². The van der Waals surface area contributed by atoms with Crippen LogP contribution in [0.2, 0.25) is 5.02 Å². The van der Waals surface area contributed by atoms with Crippen molar-refractivity contribution in [2.75, 3.05) is 7.11 Å². The molecule has 0 aromatic heterocycles. The van der Waals surface area contributed by atoms with Crippen LogP contribution in [-0.2, 0) is 27.8 Å². The number of hydrogen-bond acceptors (Lipinski definition) is 2. The topological polar surface area (TPSA) is 26.3 Å². The molecule has 0 aliphatic heterocycles. The van der Waals surface area contributed by atoms with E-state index in [4.69, 9.17) is 0 Å². The number of rotatable bonds is 2. The van der Waals surface area contributed by atoms with E-state index in [1.807, 2.05) is 6.92 Å². The third-order valence-corrected chi connectivity index (χ3v) is 2.85. The summed E-state index contributed by atoms with van der Waals surface area (Å²) in [4.78, 5) is 10.5. The van der Waals surface area contributed by atoms with Gasteiger partial charge in [0.05, 0.1) is 0 Å². The average molecular weight is 294 g/mol. The van der Waals surface area contributed by atoms with Crippen LogP contribution in [0.5, 0.6) is 0 Å². The van der Waals surface area contributed by atoms with E-state index in [0.717, 1.165) is 23.3 Å². The second-order valence-corrected chi connectivity index (χ2v) is 2.92. The molecule has 0 aromatic rings. The van der Waals surface area contributed by atoms with Crippen molar-refractivity contribution in [1.29, 1.82) is 0 Å². The van der Waals surface area contributed by atoms with Gasteiger partial charge in [-0.05, 0) is 0 Å². The van der Waals surface area contributed by atoms with Crippen molar-refractivity contribution in [3.8, 4) is 0 Å². The average Bonchev–Trinajstić information content (AvgIpc) is 1.84. The molecule has 0 spiro atoms. The van der Waals surface area contributed by atoms with E-state index in [-0.39, 0.29) is 35.9 Å². The monoisotopic (exact) mass is 293 g/mol. The van der Waals surface area contributed by atoms with Crippen molar-refractivity contribution in [2.24, 2.45) is 5.92 Å². The van der Waals surface area contributed by atoms with Crippen LogP contribution < -0.4 is 0 Å². The predicted molar refractivity (Wildman–Crippen MR) is 41.4 cm³/mol. The van der Waals surface area contributed by atoms with E-state index in [2.05, 4.69) is 4.74 Å². The Kier molecular flexibility index (Phi) is 9.63. The minimum absolute atomic E-state index is 0. The van der Waals surface area contributed by atoms with Gasteiger partial charge in [-0.1, -0.05) is 0 Å². The molecule has 0 saturated carbocycles. The Bertz CT molecular complexity index is 87.0. The van der Waals surface area contributed by atoms with Crippen molar-refractivity contribution in [2.45, 2.75) is 11.9 Å². The summed E-state index contributed by atoms with van der Waals surface area (Å²) in [5.41, 5.74) is 0. The number of halogens is 1. The maximum Gasteiger partial charge on any atom is -0.107 e. The van der Waals surface area contributed by atoms with Gasteiger partial charge in [-0.15, -0.1) is 24.0 Å². The third kappa shape index (κ3) is 5.28. The number of ether oxygens (including phenoxy) is 1. The molecule has 0 amide bonds. The molecule has 1 atom stereocenters. The van der Waals surface area contributed by atoms with Gasteiger partial charge < -0.3 is 0 Å². The molecule has 0 N–H and O–H groups in total. The Labute approximate surface area is 82.4 Å². The van der Waals surface area contributed by atoms with E-state index in [1.54, 1.807) is 0 Å². The van der Waals surface area contributed by atoms with Crippen LogP contribution in [0.1, 0.15) is 6.92 Å². The van der Waals surface area contributed by atoms with Crippen LogP contribution >= 0.6 is 24.0 Å². The summed E-state index contributed by atoms with van der Waals surface area (Å²) in [7, 11) is 1.43. The summed E-state index contributed by atoms with van der Waals surface area (Å²) in [6.45, 7) is 1.88. The van der Waals surface area contributed by atoms with E-state index in [9.17, 15) is 4.79 Å². The number of carbonyl (C=O) groups is 1. The van der Waals surface area contributed by atoms with E-state index < -0.39 is 0 Å². The van der Waals surface area contributed by atoms with E-state index in [1.165, 1.54) is 7.11 Å². The van der Waals surface area contributed by atoms with E-state index in [0.29, 0.717) is 0 Å². The molecule has 0 bridgehead atoms. The summed E-state index contributed by atoms with van der Waals surface area (Å²) in [6, 6.07) is 0. The Hall–Kier alpha value is 0.823. The molecule has 0 heterocycles. The summed E-state index contributed by atoms with van der Waals surface area (Å²) >= 11 is 1.16. The summed E-state index contributed by atoms with van der Waals surface area (Å²) in [5, 5.41) is 0.979. The molecule has 9 heavy (non-hydrogen) atoms. The molecular weight excluding hydrogens is 284 g/mol. The van der Waals surface area contributed by atoms with Gasteiger partial charge in [0.25, 0.3) is 0 Å². The number of carbonyl (C=O) groups excluding carboxylic acids is 1. The number of hydrogen-bond donors (Lipinski definition) is 0. The second-order valence-electron chi connectivity index (χ2n) is 1.71. The molecule has 51 valence electrons. The smallest absolute Gasteiger partial charge is 0.107 e. The van der Waals surface area contributed by atoms with Crippen molar-refractivity contribution in [3.63, 3.8) is 0 Å². The summed E-state index contributed by atoms with van der Waals surface area (Å²) in [5.74, 6) is 0.0243. The predicted octanol–water partition coefficient (Wildman–Crippen LogP) is 1.38.